The molecule has 1 N–H and O–H groups in total. The number of ether oxygens (including phenoxy) is 1. The molecule has 2 rings (SSSR count). The molecule has 0 spiro atoms. The number of benzene rings is 1. The van der Waals surface area contributed by atoms with Gasteiger partial charge in [-0.2, -0.15) is 4.98 Å². The average molecular weight is 210 g/mol. The second-order valence-corrected chi connectivity index (χ2v) is 3.05. The smallest absolute Gasteiger partial charge is 0.295 e. The van der Waals surface area contributed by atoms with Crippen LogP contribution in [0.2, 0.25) is 0 Å². The van der Waals surface area contributed by atoms with Crippen molar-refractivity contribution >= 4 is 17.1 Å². The first-order chi connectivity index (χ1) is 7.29. The summed E-state index contributed by atoms with van der Waals surface area (Å²) < 4.78 is 23.0. The van der Waals surface area contributed by atoms with Crippen molar-refractivity contribution in [3.8, 4) is 0 Å². The summed E-state index contributed by atoms with van der Waals surface area (Å²) in [6, 6.07) is 4.61. The summed E-state index contributed by atoms with van der Waals surface area (Å²) in [6.45, 7) is 1.17. The fourth-order valence-electron chi connectivity index (χ4n) is 1.24. The summed E-state index contributed by atoms with van der Waals surface area (Å²) >= 11 is 0. The number of hydrogen-bond donors (Lipinski definition) is 1. The maximum absolute atomic E-state index is 12.8. The third-order valence-corrected chi connectivity index (χ3v) is 1.93. The van der Waals surface area contributed by atoms with Gasteiger partial charge < -0.3 is 14.5 Å². The molecular weight excluding hydrogens is 199 g/mol. The highest BCUT2D eigenvalue weighted by Gasteiger charge is 2.05. The lowest BCUT2D eigenvalue weighted by molar-refractivity contribution is 0.210. The summed E-state index contributed by atoms with van der Waals surface area (Å²) in [5, 5.41) is 2.93. The fourth-order valence-corrected chi connectivity index (χ4v) is 1.24. The molecule has 15 heavy (non-hydrogen) atoms. The number of nitrogens with one attached hydrogen (secondary N) is 1. The van der Waals surface area contributed by atoms with E-state index in [2.05, 4.69) is 10.3 Å². The van der Waals surface area contributed by atoms with Crippen molar-refractivity contribution in [2.24, 2.45) is 0 Å². The Balaban J connectivity index is 2.16. The predicted octanol–water partition coefficient (Wildman–Crippen LogP) is 2.03. The van der Waals surface area contributed by atoms with E-state index in [0.717, 1.165) is 0 Å². The first kappa shape index (κ1) is 9.92. The molecule has 0 amide bonds. The summed E-state index contributed by atoms with van der Waals surface area (Å²) in [7, 11) is 1.61. The highest BCUT2D eigenvalue weighted by molar-refractivity contribution is 5.74. The van der Waals surface area contributed by atoms with Crippen LogP contribution in [0.4, 0.5) is 10.4 Å². The lowest BCUT2D eigenvalue weighted by Crippen LogP contribution is -2.07. The number of oxazole rings is 1. The molecule has 0 aliphatic rings. The van der Waals surface area contributed by atoms with Crippen LogP contribution in [0.25, 0.3) is 11.1 Å². The maximum atomic E-state index is 12.8. The summed E-state index contributed by atoms with van der Waals surface area (Å²) in [5.74, 6) is -0.320. The maximum Gasteiger partial charge on any atom is 0.295 e. The molecule has 0 fully saturated rings. The Bertz CT molecular complexity index is 456. The minimum absolute atomic E-state index is 0.320. The number of anilines is 1. The standard InChI is InChI=1S/C10H11FN2O2/c1-14-5-4-12-10-13-8-6-7(11)2-3-9(8)15-10/h2-3,6H,4-5H2,1H3,(H,12,13). The summed E-state index contributed by atoms with van der Waals surface area (Å²) in [6.07, 6.45) is 0. The Morgan fingerprint density at radius 3 is 3.20 bits per heavy atom. The highest BCUT2D eigenvalue weighted by Crippen LogP contribution is 2.19. The topological polar surface area (TPSA) is 47.3 Å². The number of rotatable bonds is 4. The first-order valence-electron chi connectivity index (χ1n) is 4.58. The van der Waals surface area contributed by atoms with Crippen molar-refractivity contribution in [2.45, 2.75) is 0 Å². The third kappa shape index (κ3) is 2.24. The number of aromatic nitrogens is 1. The molecule has 0 unspecified atom stereocenters. The Kier molecular flexibility index (Phi) is 2.82. The minimum Gasteiger partial charge on any atom is -0.424 e. The van der Waals surface area contributed by atoms with Gasteiger partial charge in [-0.1, -0.05) is 0 Å². The summed E-state index contributed by atoms with van der Waals surface area (Å²) in [4.78, 5) is 4.07. The van der Waals surface area contributed by atoms with Crippen LogP contribution in [0, 0.1) is 5.82 Å². The number of nitrogens with zero attached hydrogens (tertiary/aromatic N) is 1. The normalized spacial score (nSPS) is 10.8. The molecule has 0 saturated carbocycles. The lowest BCUT2D eigenvalue weighted by Gasteiger charge is -1.98. The molecule has 1 aromatic carbocycles. The van der Waals surface area contributed by atoms with Gasteiger partial charge >= 0.3 is 0 Å². The first-order valence-corrected chi connectivity index (χ1v) is 4.58. The van der Waals surface area contributed by atoms with Crippen molar-refractivity contribution in [2.75, 3.05) is 25.6 Å². The molecule has 80 valence electrons. The van der Waals surface area contributed by atoms with Crippen LogP contribution >= 0.6 is 0 Å². The molecule has 0 saturated heterocycles. The highest BCUT2D eigenvalue weighted by atomic mass is 19.1. The molecule has 0 aliphatic heterocycles. The number of halogens is 1. The van der Waals surface area contributed by atoms with Gasteiger partial charge in [0, 0.05) is 19.7 Å². The van der Waals surface area contributed by atoms with E-state index < -0.39 is 0 Å². The largest absolute Gasteiger partial charge is 0.424 e. The average Bonchev–Trinajstić information content (AvgIpc) is 2.60. The van der Waals surface area contributed by atoms with Crippen LogP contribution < -0.4 is 5.32 Å². The second-order valence-electron chi connectivity index (χ2n) is 3.05. The molecule has 0 aliphatic carbocycles. The van der Waals surface area contributed by atoms with Gasteiger partial charge in [-0.25, -0.2) is 4.39 Å². The van der Waals surface area contributed by atoms with Crippen LogP contribution in [0.1, 0.15) is 0 Å². The Labute approximate surface area is 86.1 Å². The van der Waals surface area contributed by atoms with E-state index in [4.69, 9.17) is 9.15 Å². The van der Waals surface area contributed by atoms with Crippen LogP contribution in [0.15, 0.2) is 22.6 Å². The van der Waals surface area contributed by atoms with E-state index in [9.17, 15) is 4.39 Å². The van der Waals surface area contributed by atoms with Crippen molar-refractivity contribution in [3.63, 3.8) is 0 Å². The van der Waals surface area contributed by atoms with Crippen LogP contribution in [0.5, 0.6) is 0 Å². The van der Waals surface area contributed by atoms with Crippen molar-refractivity contribution < 1.29 is 13.5 Å². The zero-order chi connectivity index (χ0) is 10.7. The third-order valence-electron chi connectivity index (χ3n) is 1.93. The molecule has 0 bridgehead atoms. The quantitative estimate of drug-likeness (QED) is 0.784. The number of fused-ring (bicyclic) bond motifs is 1. The van der Waals surface area contributed by atoms with Gasteiger partial charge in [0.25, 0.3) is 6.01 Å². The van der Waals surface area contributed by atoms with E-state index in [1.165, 1.54) is 12.1 Å². The summed E-state index contributed by atoms with van der Waals surface area (Å²) in [5.41, 5.74) is 1.08. The van der Waals surface area contributed by atoms with Crippen molar-refractivity contribution in [3.05, 3.63) is 24.0 Å². The molecule has 2 aromatic rings. The van der Waals surface area contributed by atoms with Crippen LogP contribution in [-0.2, 0) is 4.74 Å². The molecular formula is C10H11FN2O2. The van der Waals surface area contributed by atoms with E-state index in [-0.39, 0.29) is 5.82 Å². The fraction of sp³-hybridized carbons (Fsp3) is 0.300. The van der Waals surface area contributed by atoms with E-state index in [1.807, 2.05) is 0 Å². The predicted molar refractivity (Wildman–Crippen MR) is 54.3 cm³/mol. The van der Waals surface area contributed by atoms with Gasteiger partial charge in [-0.05, 0) is 12.1 Å². The molecule has 5 heteroatoms. The molecule has 0 atom stereocenters. The van der Waals surface area contributed by atoms with E-state index in [0.29, 0.717) is 30.3 Å². The van der Waals surface area contributed by atoms with Gasteiger partial charge in [-0.3, -0.25) is 0 Å². The number of hydrogen-bond acceptors (Lipinski definition) is 4. The Morgan fingerprint density at radius 2 is 2.40 bits per heavy atom. The van der Waals surface area contributed by atoms with Gasteiger partial charge in [0.1, 0.15) is 11.3 Å². The second kappa shape index (κ2) is 4.27. The molecule has 0 radical (unpaired) electrons. The van der Waals surface area contributed by atoms with Gasteiger partial charge in [-0.15, -0.1) is 0 Å². The number of methoxy groups -OCH3 is 1. The van der Waals surface area contributed by atoms with E-state index >= 15 is 0 Å². The van der Waals surface area contributed by atoms with Crippen LogP contribution in [0.3, 0.4) is 0 Å². The van der Waals surface area contributed by atoms with Crippen molar-refractivity contribution in [1.82, 2.24) is 4.98 Å². The molecule has 1 aromatic heterocycles. The van der Waals surface area contributed by atoms with Crippen LogP contribution in [-0.4, -0.2) is 25.2 Å². The molecule has 4 nitrogen and oxygen atoms in total. The SMILES string of the molecule is COCCNc1nc2cc(F)ccc2o1. The zero-order valence-electron chi connectivity index (χ0n) is 8.29. The van der Waals surface area contributed by atoms with Crippen molar-refractivity contribution in [1.29, 1.82) is 0 Å². The van der Waals surface area contributed by atoms with Gasteiger partial charge in [0.15, 0.2) is 5.58 Å². The zero-order valence-corrected chi connectivity index (χ0v) is 8.29. The lowest BCUT2D eigenvalue weighted by atomic mass is 10.3. The Morgan fingerprint density at radius 1 is 1.53 bits per heavy atom. The van der Waals surface area contributed by atoms with Gasteiger partial charge in [0.2, 0.25) is 0 Å². The van der Waals surface area contributed by atoms with Gasteiger partial charge in [0.05, 0.1) is 6.61 Å². The van der Waals surface area contributed by atoms with E-state index in [1.54, 1.807) is 13.2 Å². The minimum atomic E-state index is -0.320. The monoisotopic (exact) mass is 210 g/mol. The molecule has 1 heterocycles. The Hall–Kier alpha value is -1.62.